The van der Waals surface area contributed by atoms with Gasteiger partial charge in [-0.2, -0.15) is 0 Å². The lowest BCUT2D eigenvalue weighted by Crippen LogP contribution is -2.29. The van der Waals surface area contributed by atoms with Gasteiger partial charge in [0.05, 0.1) is 6.54 Å². The predicted molar refractivity (Wildman–Crippen MR) is 82.8 cm³/mol. The molecule has 0 saturated carbocycles. The molecule has 19 heavy (non-hydrogen) atoms. The summed E-state index contributed by atoms with van der Waals surface area (Å²) in [6.07, 6.45) is 0. The Kier molecular flexibility index (Phi) is 4.74. The maximum Gasteiger partial charge on any atom is 0.183 e. The fourth-order valence-corrected chi connectivity index (χ4v) is 2.48. The minimum Gasteiger partial charge on any atom is -0.364 e. The van der Waals surface area contributed by atoms with Crippen molar-refractivity contribution >= 4 is 27.4 Å². The first-order valence-corrected chi connectivity index (χ1v) is 7.09. The Morgan fingerprint density at radius 1 is 1.05 bits per heavy atom. The van der Waals surface area contributed by atoms with Crippen LogP contribution in [0.2, 0.25) is 0 Å². The summed E-state index contributed by atoms with van der Waals surface area (Å²) >= 11 is 3.43. The van der Waals surface area contributed by atoms with Crippen LogP contribution in [0.25, 0.3) is 0 Å². The van der Waals surface area contributed by atoms with Crippen LogP contribution >= 0.6 is 15.9 Å². The molecule has 2 nitrogen and oxygen atoms in total. The van der Waals surface area contributed by atoms with Gasteiger partial charge in [0.15, 0.2) is 5.78 Å². The van der Waals surface area contributed by atoms with Crippen LogP contribution in [0.1, 0.15) is 17.3 Å². The lowest BCUT2D eigenvalue weighted by molar-refractivity contribution is 0.0998. The highest BCUT2D eigenvalue weighted by molar-refractivity contribution is 9.10. The molecule has 0 spiro atoms. The molecule has 0 fully saturated rings. The minimum atomic E-state index is 0.123. The van der Waals surface area contributed by atoms with Crippen LogP contribution in [0.4, 0.5) is 5.69 Å². The molecule has 0 saturated heterocycles. The fraction of sp³-hybridized carbons (Fsp3) is 0.188. The second-order valence-corrected chi connectivity index (χ2v) is 5.11. The summed E-state index contributed by atoms with van der Waals surface area (Å²) in [5.41, 5.74) is 1.81. The highest BCUT2D eigenvalue weighted by Gasteiger charge is 2.13. The van der Waals surface area contributed by atoms with Gasteiger partial charge in [0.2, 0.25) is 0 Å². The number of hydrogen-bond donors (Lipinski definition) is 0. The Bertz CT molecular complexity index is 554. The highest BCUT2D eigenvalue weighted by Crippen LogP contribution is 2.19. The first kappa shape index (κ1) is 13.8. The summed E-state index contributed by atoms with van der Waals surface area (Å²) in [6.45, 7) is 3.25. The van der Waals surface area contributed by atoms with Crippen LogP contribution in [0.3, 0.4) is 0 Å². The van der Waals surface area contributed by atoms with Crippen molar-refractivity contribution in [2.45, 2.75) is 6.92 Å². The smallest absolute Gasteiger partial charge is 0.183 e. The number of anilines is 1. The predicted octanol–water partition coefficient (Wildman–Crippen LogP) is 4.16. The molecule has 0 aliphatic rings. The number of carbonyl (C=O) groups excluding carboxylic acids is 1. The molecule has 0 aliphatic heterocycles. The van der Waals surface area contributed by atoms with Gasteiger partial charge in [-0.25, -0.2) is 0 Å². The zero-order chi connectivity index (χ0) is 13.7. The number of ketones is 1. The number of nitrogens with zero attached hydrogens (tertiary/aromatic N) is 1. The van der Waals surface area contributed by atoms with E-state index in [0.29, 0.717) is 6.54 Å². The molecule has 0 N–H and O–H groups in total. The Morgan fingerprint density at radius 2 is 1.68 bits per heavy atom. The molecule has 0 unspecified atom stereocenters. The molecule has 2 aromatic carbocycles. The van der Waals surface area contributed by atoms with Crippen molar-refractivity contribution in [3.63, 3.8) is 0 Å². The maximum atomic E-state index is 12.3. The third-order valence-electron chi connectivity index (χ3n) is 3.01. The van der Waals surface area contributed by atoms with E-state index in [-0.39, 0.29) is 5.78 Å². The summed E-state index contributed by atoms with van der Waals surface area (Å²) in [5.74, 6) is 0.123. The minimum absolute atomic E-state index is 0.123. The number of benzene rings is 2. The van der Waals surface area contributed by atoms with Crippen molar-refractivity contribution < 1.29 is 4.79 Å². The second kappa shape index (κ2) is 6.53. The summed E-state index contributed by atoms with van der Waals surface area (Å²) in [7, 11) is 0. The van der Waals surface area contributed by atoms with Crippen LogP contribution in [0, 0.1) is 0 Å². The Labute approximate surface area is 122 Å². The van der Waals surface area contributed by atoms with E-state index in [2.05, 4.69) is 27.8 Å². The van der Waals surface area contributed by atoms with Gasteiger partial charge < -0.3 is 4.90 Å². The highest BCUT2D eigenvalue weighted by atomic mass is 79.9. The van der Waals surface area contributed by atoms with Crippen molar-refractivity contribution in [2.75, 3.05) is 18.0 Å². The Morgan fingerprint density at radius 3 is 2.32 bits per heavy atom. The van der Waals surface area contributed by atoms with Gasteiger partial charge in [0, 0.05) is 22.3 Å². The third-order valence-corrected chi connectivity index (χ3v) is 3.70. The summed E-state index contributed by atoms with van der Waals surface area (Å²) in [6, 6.07) is 17.5. The molecule has 98 valence electrons. The van der Waals surface area contributed by atoms with Crippen molar-refractivity contribution in [1.82, 2.24) is 0 Å². The van der Waals surface area contributed by atoms with Gasteiger partial charge >= 0.3 is 0 Å². The van der Waals surface area contributed by atoms with Crippen LogP contribution in [-0.4, -0.2) is 18.9 Å². The second-order valence-electron chi connectivity index (χ2n) is 4.25. The lowest BCUT2D eigenvalue weighted by atomic mass is 10.1. The summed E-state index contributed by atoms with van der Waals surface area (Å²) in [4.78, 5) is 14.4. The lowest BCUT2D eigenvalue weighted by Gasteiger charge is -2.22. The zero-order valence-corrected chi connectivity index (χ0v) is 12.4. The molecule has 0 heterocycles. The summed E-state index contributed by atoms with van der Waals surface area (Å²) in [5, 5.41) is 0. The van der Waals surface area contributed by atoms with E-state index in [0.717, 1.165) is 22.3 Å². The van der Waals surface area contributed by atoms with E-state index in [4.69, 9.17) is 0 Å². The van der Waals surface area contributed by atoms with Gasteiger partial charge in [-0.05, 0) is 25.1 Å². The van der Waals surface area contributed by atoms with Crippen LogP contribution < -0.4 is 4.90 Å². The molecular weight excluding hydrogens is 302 g/mol. The van der Waals surface area contributed by atoms with Crippen molar-refractivity contribution in [1.29, 1.82) is 0 Å². The van der Waals surface area contributed by atoms with Gasteiger partial charge in [-0.3, -0.25) is 4.79 Å². The van der Waals surface area contributed by atoms with E-state index in [9.17, 15) is 4.79 Å². The average Bonchev–Trinajstić information content (AvgIpc) is 2.46. The third kappa shape index (κ3) is 3.44. The Hall–Kier alpha value is -1.61. The molecule has 3 heteroatoms. The first-order chi connectivity index (χ1) is 9.22. The topological polar surface area (TPSA) is 20.3 Å². The number of halogens is 1. The van der Waals surface area contributed by atoms with Crippen molar-refractivity contribution in [3.05, 3.63) is 64.6 Å². The standard InChI is InChI=1S/C16H16BrNO/c1-2-18(13-8-4-3-5-9-13)12-16(19)14-10-6-7-11-15(14)17/h3-11H,2,12H2,1H3. The SMILES string of the molecule is CCN(CC(=O)c1ccccc1Br)c1ccccc1. The molecular formula is C16H16BrNO. The molecule has 2 rings (SSSR count). The van der Waals surface area contributed by atoms with Gasteiger partial charge in [-0.15, -0.1) is 0 Å². The van der Waals surface area contributed by atoms with Gasteiger partial charge in [0.1, 0.15) is 0 Å². The summed E-state index contributed by atoms with van der Waals surface area (Å²) < 4.78 is 0.851. The van der Waals surface area contributed by atoms with Crippen molar-refractivity contribution in [2.24, 2.45) is 0 Å². The van der Waals surface area contributed by atoms with Gasteiger partial charge in [-0.1, -0.05) is 52.3 Å². The number of rotatable bonds is 5. The van der Waals surface area contributed by atoms with Crippen LogP contribution in [0.5, 0.6) is 0 Å². The molecule has 0 amide bonds. The molecule has 0 radical (unpaired) electrons. The molecule has 0 aliphatic carbocycles. The largest absolute Gasteiger partial charge is 0.364 e. The van der Waals surface area contributed by atoms with Gasteiger partial charge in [0.25, 0.3) is 0 Å². The number of para-hydroxylation sites is 1. The van der Waals surface area contributed by atoms with E-state index < -0.39 is 0 Å². The van der Waals surface area contributed by atoms with Crippen molar-refractivity contribution in [3.8, 4) is 0 Å². The van der Waals surface area contributed by atoms with E-state index in [1.807, 2.05) is 54.6 Å². The zero-order valence-electron chi connectivity index (χ0n) is 10.8. The van der Waals surface area contributed by atoms with Crippen LogP contribution in [0.15, 0.2) is 59.1 Å². The first-order valence-electron chi connectivity index (χ1n) is 6.30. The number of likely N-dealkylation sites (N-methyl/N-ethyl adjacent to an activating group) is 1. The van der Waals surface area contributed by atoms with E-state index >= 15 is 0 Å². The maximum absolute atomic E-state index is 12.3. The number of Topliss-reactive ketones (excluding diaryl/α,β-unsaturated/α-hetero) is 1. The monoisotopic (exact) mass is 317 g/mol. The Balaban J connectivity index is 2.16. The quantitative estimate of drug-likeness (QED) is 0.772. The molecule has 0 bridgehead atoms. The normalized spacial score (nSPS) is 10.2. The average molecular weight is 318 g/mol. The number of hydrogen-bond acceptors (Lipinski definition) is 2. The molecule has 0 atom stereocenters. The number of carbonyl (C=O) groups is 1. The fourth-order valence-electron chi connectivity index (χ4n) is 1.97. The van der Waals surface area contributed by atoms with Crippen LogP contribution in [-0.2, 0) is 0 Å². The van der Waals surface area contributed by atoms with E-state index in [1.165, 1.54) is 0 Å². The molecule has 2 aromatic rings. The molecule has 0 aromatic heterocycles. The van der Waals surface area contributed by atoms with E-state index in [1.54, 1.807) is 0 Å².